The molecule has 4 aromatic heterocycles. The first-order chi connectivity index (χ1) is 19.8. The van der Waals surface area contributed by atoms with E-state index in [9.17, 15) is 0 Å². The van der Waals surface area contributed by atoms with Gasteiger partial charge in [-0.3, -0.25) is 4.98 Å². The van der Waals surface area contributed by atoms with Crippen molar-refractivity contribution in [2.24, 2.45) is 0 Å². The zero-order valence-electron chi connectivity index (χ0n) is 21.5. The lowest BCUT2D eigenvalue weighted by atomic mass is 10.0. The molecule has 0 fully saturated rings. The Morgan fingerprint density at radius 3 is 1.62 bits per heavy atom. The fourth-order valence-corrected chi connectivity index (χ4v) is 5.37. The van der Waals surface area contributed by atoms with E-state index in [-0.39, 0.29) is 0 Å². The van der Waals surface area contributed by atoms with Gasteiger partial charge in [0, 0.05) is 33.3 Å². The van der Waals surface area contributed by atoms with Crippen LogP contribution in [0.3, 0.4) is 0 Å². The molecule has 0 bridgehead atoms. The molecule has 0 radical (unpaired) electrons. The summed E-state index contributed by atoms with van der Waals surface area (Å²) in [6, 6.07) is 43.9. The Kier molecular flexibility index (Phi) is 5.10. The Morgan fingerprint density at radius 2 is 0.900 bits per heavy atom. The fraction of sp³-hybridized carbons (Fsp3) is 0. The lowest BCUT2D eigenvalue weighted by Crippen LogP contribution is -1.91. The molecule has 0 saturated carbocycles. The van der Waals surface area contributed by atoms with Gasteiger partial charge in [-0.05, 0) is 47.5 Å². The summed E-state index contributed by atoms with van der Waals surface area (Å²) in [5.74, 6) is 0. The van der Waals surface area contributed by atoms with Crippen molar-refractivity contribution in [1.82, 2.24) is 19.9 Å². The Hall–Kier alpha value is -5.48. The van der Waals surface area contributed by atoms with Gasteiger partial charge in [0.25, 0.3) is 0 Å². The molecule has 0 aliphatic carbocycles. The van der Waals surface area contributed by atoms with E-state index < -0.39 is 0 Å². The van der Waals surface area contributed by atoms with Crippen molar-refractivity contribution in [2.75, 3.05) is 0 Å². The second-order valence-corrected chi connectivity index (χ2v) is 9.98. The molecule has 8 aromatic rings. The summed E-state index contributed by atoms with van der Waals surface area (Å²) >= 11 is 0. The van der Waals surface area contributed by atoms with Gasteiger partial charge in [0.2, 0.25) is 0 Å². The van der Waals surface area contributed by atoms with Gasteiger partial charge < -0.3 is 0 Å². The highest BCUT2D eigenvalue weighted by atomic mass is 14.8. The summed E-state index contributed by atoms with van der Waals surface area (Å²) in [4.78, 5) is 19.6. The Balaban J connectivity index is 1.21. The summed E-state index contributed by atoms with van der Waals surface area (Å²) in [5.41, 5.74) is 9.68. The molecule has 4 heterocycles. The van der Waals surface area contributed by atoms with Crippen LogP contribution in [-0.2, 0) is 0 Å². The van der Waals surface area contributed by atoms with E-state index in [4.69, 9.17) is 15.0 Å². The average Bonchev–Trinajstić information content (AvgIpc) is 3.04. The zero-order valence-corrected chi connectivity index (χ0v) is 21.5. The maximum atomic E-state index is 5.04. The molecule has 4 nitrogen and oxygen atoms in total. The first kappa shape index (κ1) is 22.5. The summed E-state index contributed by atoms with van der Waals surface area (Å²) in [6.45, 7) is 0. The van der Waals surface area contributed by atoms with Crippen molar-refractivity contribution < 1.29 is 0 Å². The number of aromatic nitrogens is 4. The second-order valence-electron chi connectivity index (χ2n) is 9.98. The van der Waals surface area contributed by atoms with Crippen LogP contribution in [0, 0.1) is 0 Å². The third-order valence-corrected chi connectivity index (χ3v) is 7.48. The minimum Gasteiger partial charge on any atom is -0.254 e. The third-order valence-electron chi connectivity index (χ3n) is 7.48. The molecule has 0 aliphatic rings. The summed E-state index contributed by atoms with van der Waals surface area (Å²) in [7, 11) is 0. The SMILES string of the molecule is c1ccc(-c2ccc3ccc(-c4ccc5ccc(-c6ccc7ccc8cccnc8c7n6)nc5c4)cc3n2)cc1. The molecule has 0 unspecified atom stereocenters. The van der Waals surface area contributed by atoms with Crippen LogP contribution in [0.15, 0.2) is 134 Å². The Labute approximate surface area is 230 Å². The van der Waals surface area contributed by atoms with Crippen LogP contribution in [-0.4, -0.2) is 19.9 Å². The minimum atomic E-state index is 0.835. The maximum absolute atomic E-state index is 5.04. The lowest BCUT2D eigenvalue weighted by molar-refractivity contribution is 1.31. The highest BCUT2D eigenvalue weighted by Gasteiger charge is 2.10. The van der Waals surface area contributed by atoms with E-state index in [1.54, 1.807) is 0 Å². The van der Waals surface area contributed by atoms with Gasteiger partial charge in [0.15, 0.2) is 0 Å². The quantitative estimate of drug-likeness (QED) is 0.223. The number of benzene rings is 4. The predicted molar refractivity (Wildman–Crippen MR) is 164 cm³/mol. The van der Waals surface area contributed by atoms with E-state index in [1.807, 2.05) is 42.6 Å². The van der Waals surface area contributed by atoms with E-state index in [0.29, 0.717) is 0 Å². The minimum absolute atomic E-state index is 0.835. The monoisotopic (exact) mass is 510 g/mol. The smallest absolute Gasteiger partial charge is 0.0972 e. The number of pyridine rings is 4. The standard InChI is InChI=1S/C36H22N4/c1-2-5-23(6-3-1)30-17-14-24-8-12-28(21-33(24)38-30)29-13-9-25-15-18-31(39-34(25)22-29)32-19-16-27-11-10-26-7-4-20-37-35(26)36(27)40-32/h1-22H. The molecule has 40 heavy (non-hydrogen) atoms. The molecule has 186 valence electrons. The van der Waals surface area contributed by atoms with Crippen LogP contribution in [0.4, 0.5) is 0 Å². The predicted octanol–water partition coefficient (Wildman–Crippen LogP) is 8.88. The highest BCUT2D eigenvalue weighted by Crippen LogP contribution is 2.30. The normalized spacial score (nSPS) is 11.5. The van der Waals surface area contributed by atoms with Gasteiger partial charge in [0.05, 0.1) is 39.1 Å². The Bertz CT molecular complexity index is 2220. The van der Waals surface area contributed by atoms with Crippen molar-refractivity contribution in [1.29, 1.82) is 0 Å². The first-order valence-corrected chi connectivity index (χ1v) is 13.3. The molecule has 0 N–H and O–H groups in total. The summed E-state index contributed by atoms with van der Waals surface area (Å²) in [5, 5.41) is 4.36. The molecule has 8 rings (SSSR count). The largest absolute Gasteiger partial charge is 0.254 e. The van der Waals surface area contributed by atoms with Crippen LogP contribution in [0.2, 0.25) is 0 Å². The van der Waals surface area contributed by atoms with E-state index >= 15 is 0 Å². The van der Waals surface area contributed by atoms with Crippen molar-refractivity contribution in [3.63, 3.8) is 0 Å². The molecule has 0 amide bonds. The van der Waals surface area contributed by atoms with E-state index in [2.05, 4.69) is 96.0 Å². The molecular weight excluding hydrogens is 488 g/mol. The van der Waals surface area contributed by atoms with Crippen LogP contribution in [0.25, 0.3) is 77.4 Å². The van der Waals surface area contributed by atoms with Crippen LogP contribution < -0.4 is 0 Å². The molecule has 0 atom stereocenters. The van der Waals surface area contributed by atoms with Gasteiger partial charge in [-0.2, -0.15) is 0 Å². The molecule has 4 aromatic carbocycles. The van der Waals surface area contributed by atoms with Crippen LogP contribution in [0.1, 0.15) is 0 Å². The number of nitrogens with zero attached hydrogens (tertiary/aromatic N) is 4. The molecular formula is C36H22N4. The topological polar surface area (TPSA) is 51.6 Å². The summed E-state index contributed by atoms with van der Waals surface area (Å²) in [6.07, 6.45) is 1.82. The van der Waals surface area contributed by atoms with Crippen molar-refractivity contribution >= 4 is 43.6 Å². The average molecular weight is 511 g/mol. The van der Waals surface area contributed by atoms with Gasteiger partial charge in [-0.25, -0.2) is 15.0 Å². The van der Waals surface area contributed by atoms with Gasteiger partial charge in [0.1, 0.15) is 0 Å². The molecule has 0 spiro atoms. The Morgan fingerprint density at radius 1 is 0.350 bits per heavy atom. The van der Waals surface area contributed by atoms with Crippen molar-refractivity contribution in [3.05, 3.63) is 134 Å². The third kappa shape index (κ3) is 3.86. The number of hydrogen-bond donors (Lipinski definition) is 0. The van der Waals surface area contributed by atoms with Gasteiger partial charge in [-0.1, -0.05) is 91.0 Å². The molecule has 0 saturated heterocycles. The highest BCUT2D eigenvalue weighted by molar-refractivity contribution is 6.03. The first-order valence-electron chi connectivity index (χ1n) is 13.3. The van der Waals surface area contributed by atoms with Gasteiger partial charge >= 0.3 is 0 Å². The van der Waals surface area contributed by atoms with Gasteiger partial charge in [-0.15, -0.1) is 0 Å². The van der Waals surface area contributed by atoms with E-state index in [0.717, 1.165) is 77.4 Å². The second kappa shape index (κ2) is 9.07. The number of fused-ring (bicyclic) bond motifs is 5. The fourth-order valence-electron chi connectivity index (χ4n) is 5.37. The summed E-state index contributed by atoms with van der Waals surface area (Å²) < 4.78 is 0. The maximum Gasteiger partial charge on any atom is 0.0972 e. The van der Waals surface area contributed by atoms with Crippen LogP contribution in [0.5, 0.6) is 0 Å². The molecule has 4 heteroatoms. The zero-order chi connectivity index (χ0) is 26.5. The number of hydrogen-bond acceptors (Lipinski definition) is 4. The number of rotatable bonds is 3. The van der Waals surface area contributed by atoms with Crippen LogP contribution >= 0.6 is 0 Å². The van der Waals surface area contributed by atoms with Crippen molar-refractivity contribution in [2.45, 2.75) is 0 Å². The lowest BCUT2D eigenvalue weighted by Gasteiger charge is -2.09. The molecule has 0 aliphatic heterocycles. The van der Waals surface area contributed by atoms with Crippen molar-refractivity contribution in [3.8, 4) is 33.8 Å². The van der Waals surface area contributed by atoms with E-state index in [1.165, 1.54) is 0 Å².